The van der Waals surface area contributed by atoms with Crippen LogP contribution in [0.5, 0.6) is 0 Å². The average molecular weight is 318 g/mol. The maximum Gasteiger partial charge on any atom is 0.178 e. The van der Waals surface area contributed by atoms with E-state index in [1.165, 1.54) is 49.7 Å². The molecule has 0 unspecified atom stereocenters. The van der Waals surface area contributed by atoms with Crippen molar-refractivity contribution in [2.75, 3.05) is 26.2 Å². The summed E-state index contributed by atoms with van der Waals surface area (Å²) in [4.78, 5) is 2.60. The van der Waals surface area contributed by atoms with Crippen LogP contribution in [-0.2, 0) is 0 Å². The van der Waals surface area contributed by atoms with Gasteiger partial charge in [-0.25, -0.2) is 0 Å². The Balaban J connectivity index is 1.33. The molecule has 0 aliphatic carbocycles. The second-order valence-corrected chi connectivity index (χ2v) is 6.65. The van der Waals surface area contributed by atoms with Crippen LogP contribution in [0.25, 0.3) is 5.70 Å². The van der Waals surface area contributed by atoms with E-state index in [4.69, 9.17) is 0 Å². The molecule has 0 aromatic heterocycles. The molecule has 0 saturated carbocycles. The van der Waals surface area contributed by atoms with E-state index in [9.17, 15) is 0 Å². The number of hydrogen-bond donors (Lipinski definition) is 1. The SMILES string of the molecule is C=C(NCCCN1CCB(c2ccccc2)CC1)c1ccccc1. The summed E-state index contributed by atoms with van der Waals surface area (Å²) < 4.78 is 0. The minimum Gasteiger partial charge on any atom is -0.385 e. The fraction of sp³-hybridized carbons (Fsp3) is 0.333. The van der Waals surface area contributed by atoms with Gasteiger partial charge < -0.3 is 10.2 Å². The van der Waals surface area contributed by atoms with Crippen molar-refractivity contribution in [2.24, 2.45) is 0 Å². The monoisotopic (exact) mass is 318 g/mol. The molecule has 0 amide bonds. The molecule has 0 bridgehead atoms. The van der Waals surface area contributed by atoms with Gasteiger partial charge in [-0.05, 0) is 31.6 Å². The Hall–Kier alpha value is -2.00. The van der Waals surface area contributed by atoms with E-state index in [0.717, 1.165) is 19.0 Å². The first-order valence-corrected chi connectivity index (χ1v) is 9.08. The molecular formula is C21H27BN2. The van der Waals surface area contributed by atoms with Gasteiger partial charge in [0, 0.05) is 12.2 Å². The van der Waals surface area contributed by atoms with Gasteiger partial charge in [0.05, 0.1) is 0 Å². The molecule has 0 atom stereocenters. The van der Waals surface area contributed by atoms with Crippen molar-refractivity contribution in [1.29, 1.82) is 0 Å². The highest BCUT2D eigenvalue weighted by Gasteiger charge is 2.23. The van der Waals surface area contributed by atoms with Crippen molar-refractivity contribution >= 4 is 17.9 Å². The fourth-order valence-corrected chi connectivity index (χ4v) is 3.50. The van der Waals surface area contributed by atoms with Crippen LogP contribution >= 0.6 is 0 Å². The molecule has 2 aromatic carbocycles. The zero-order valence-corrected chi connectivity index (χ0v) is 14.5. The number of benzene rings is 2. The molecule has 0 radical (unpaired) electrons. The quantitative estimate of drug-likeness (QED) is 0.622. The highest BCUT2D eigenvalue weighted by Crippen LogP contribution is 2.12. The average Bonchev–Trinajstić information content (AvgIpc) is 2.67. The third kappa shape index (κ3) is 4.75. The van der Waals surface area contributed by atoms with Gasteiger partial charge in [0.1, 0.15) is 0 Å². The summed E-state index contributed by atoms with van der Waals surface area (Å²) in [5.41, 5.74) is 3.72. The Kier molecular flexibility index (Phi) is 6.14. The van der Waals surface area contributed by atoms with Crippen LogP contribution in [0.15, 0.2) is 67.2 Å². The number of rotatable bonds is 7. The normalized spacial score (nSPS) is 15.2. The molecule has 1 N–H and O–H groups in total. The highest BCUT2D eigenvalue weighted by molar-refractivity contribution is 6.73. The van der Waals surface area contributed by atoms with E-state index < -0.39 is 0 Å². The van der Waals surface area contributed by atoms with E-state index >= 15 is 0 Å². The van der Waals surface area contributed by atoms with E-state index in [1.807, 2.05) is 6.07 Å². The molecule has 1 fully saturated rings. The summed E-state index contributed by atoms with van der Waals surface area (Å²) >= 11 is 0. The van der Waals surface area contributed by atoms with E-state index in [1.54, 1.807) is 0 Å². The van der Waals surface area contributed by atoms with Crippen molar-refractivity contribution in [3.05, 3.63) is 72.8 Å². The number of nitrogens with zero attached hydrogens (tertiary/aromatic N) is 1. The minimum absolute atomic E-state index is 0.749. The summed E-state index contributed by atoms with van der Waals surface area (Å²) in [7, 11) is 0. The van der Waals surface area contributed by atoms with Crippen molar-refractivity contribution in [2.45, 2.75) is 19.1 Å². The molecular weight excluding hydrogens is 291 g/mol. The lowest BCUT2D eigenvalue weighted by atomic mass is 9.39. The fourth-order valence-electron chi connectivity index (χ4n) is 3.50. The molecule has 3 rings (SSSR count). The lowest BCUT2D eigenvalue weighted by Gasteiger charge is -2.30. The Morgan fingerprint density at radius 3 is 2.25 bits per heavy atom. The molecule has 0 spiro atoms. The lowest BCUT2D eigenvalue weighted by Crippen LogP contribution is -2.43. The number of hydrogen-bond acceptors (Lipinski definition) is 2. The summed E-state index contributed by atoms with van der Waals surface area (Å²) in [6.07, 6.45) is 3.74. The van der Waals surface area contributed by atoms with Crippen molar-refractivity contribution in [1.82, 2.24) is 10.2 Å². The second kappa shape index (κ2) is 8.74. The molecule has 2 nitrogen and oxygen atoms in total. The second-order valence-electron chi connectivity index (χ2n) is 6.65. The highest BCUT2D eigenvalue weighted by atomic mass is 15.1. The van der Waals surface area contributed by atoms with Crippen LogP contribution < -0.4 is 10.8 Å². The Labute approximate surface area is 146 Å². The summed E-state index contributed by atoms with van der Waals surface area (Å²) in [6, 6.07) is 21.3. The number of nitrogens with one attached hydrogen (secondary N) is 1. The third-order valence-corrected chi connectivity index (χ3v) is 4.97. The molecule has 1 aliphatic rings. The minimum atomic E-state index is 0.749. The first-order valence-electron chi connectivity index (χ1n) is 9.08. The van der Waals surface area contributed by atoms with Crippen LogP contribution in [-0.4, -0.2) is 37.8 Å². The van der Waals surface area contributed by atoms with E-state index in [0.29, 0.717) is 0 Å². The molecule has 3 heteroatoms. The molecule has 1 heterocycles. The first kappa shape index (κ1) is 16.8. The third-order valence-electron chi connectivity index (χ3n) is 4.97. The van der Waals surface area contributed by atoms with Crippen molar-refractivity contribution in [3.8, 4) is 0 Å². The predicted octanol–water partition coefficient (Wildman–Crippen LogP) is 3.35. The van der Waals surface area contributed by atoms with Crippen LogP contribution in [0.3, 0.4) is 0 Å². The topological polar surface area (TPSA) is 15.3 Å². The molecule has 1 saturated heterocycles. The van der Waals surface area contributed by atoms with Crippen LogP contribution in [0.1, 0.15) is 12.0 Å². The van der Waals surface area contributed by atoms with Gasteiger partial charge in [0.25, 0.3) is 0 Å². The van der Waals surface area contributed by atoms with Crippen LogP contribution in [0.2, 0.25) is 12.6 Å². The van der Waals surface area contributed by atoms with Gasteiger partial charge in [-0.15, -0.1) is 0 Å². The van der Waals surface area contributed by atoms with Gasteiger partial charge in [-0.1, -0.05) is 85.3 Å². The molecule has 124 valence electrons. The maximum atomic E-state index is 4.13. The maximum absolute atomic E-state index is 4.13. The largest absolute Gasteiger partial charge is 0.385 e. The van der Waals surface area contributed by atoms with Gasteiger partial charge in [-0.2, -0.15) is 0 Å². The Morgan fingerprint density at radius 1 is 0.958 bits per heavy atom. The summed E-state index contributed by atoms with van der Waals surface area (Å²) in [5, 5.41) is 3.45. The first-order chi connectivity index (χ1) is 11.8. The molecule has 1 aliphatic heterocycles. The van der Waals surface area contributed by atoms with Gasteiger partial charge in [0.15, 0.2) is 6.71 Å². The van der Waals surface area contributed by atoms with E-state index in [2.05, 4.69) is 71.4 Å². The lowest BCUT2D eigenvalue weighted by molar-refractivity contribution is 0.289. The van der Waals surface area contributed by atoms with Gasteiger partial charge >= 0.3 is 0 Å². The Bertz CT molecular complexity index is 619. The van der Waals surface area contributed by atoms with Crippen LogP contribution in [0.4, 0.5) is 0 Å². The van der Waals surface area contributed by atoms with Crippen molar-refractivity contribution in [3.63, 3.8) is 0 Å². The van der Waals surface area contributed by atoms with Crippen LogP contribution in [0, 0.1) is 0 Å². The molecule has 24 heavy (non-hydrogen) atoms. The van der Waals surface area contributed by atoms with E-state index in [-0.39, 0.29) is 0 Å². The zero-order valence-electron chi connectivity index (χ0n) is 14.5. The van der Waals surface area contributed by atoms with Gasteiger partial charge in [0.2, 0.25) is 0 Å². The zero-order chi connectivity index (χ0) is 16.6. The molecule has 2 aromatic rings. The standard InChI is InChI=1S/C21H27BN2/c1-19(20-9-4-2-5-10-20)23-15-8-16-24-17-13-22(14-18-24)21-11-6-3-7-12-21/h2-7,9-12,23H,1,8,13-18H2. The summed E-state index contributed by atoms with van der Waals surface area (Å²) in [6.45, 7) is 9.49. The van der Waals surface area contributed by atoms with Gasteiger partial charge in [-0.3, -0.25) is 0 Å². The smallest absolute Gasteiger partial charge is 0.178 e. The Morgan fingerprint density at radius 2 is 1.58 bits per heavy atom. The van der Waals surface area contributed by atoms with Crippen molar-refractivity contribution < 1.29 is 0 Å². The summed E-state index contributed by atoms with van der Waals surface area (Å²) in [5.74, 6) is 0. The predicted molar refractivity (Wildman–Crippen MR) is 106 cm³/mol.